The molecule has 2 aromatic rings. The van der Waals surface area contributed by atoms with Gasteiger partial charge in [0.25, 0.3) is 0 Å². The van der Waals surface area contributed by atoms with E-state index in [0.29, 0.717) is 42.9 Å². The predicted molar refractivity (Wildman–Crippen MR) is 93.3 cm³/mol. The van der Waals surface area contributed by atoms with Crippen LogP contribution in [0.5, 0.6) is 0 Å². The predicted octanol–water partition coefficient (Wildman–Crippen LogP) is 2.75. The van der Waals surface area contributed by atoms with Crippen molar-refractivity contribution in [2.24, 2.45) is 5.92 Å². The van der Waals surface area contributed by atoms with E-state index < -0.39 is 17.9 Å². The van der Waals surface area contributed by atoms with Crippen molar-refractivity contribution in [3.05, 3.63) is 35.5 Å². The number of aliphatic carboxylic acids is 1. The van der Waals surface area contributed by atoms with E-state index in [1.807, 2.05) is 0 Å². The molecule has 3 rings (SSSR count). The number of carbonyl (C=O) groups is 2. The zero-order chi connectivity index (χ0) is 19.6. The van der Waals surface area contributed by atoms with Gasteiger partial charge in [0, 0.05) is 18.7 Å². The highest BCUT2D eigenvalue weighted by Gasteiger charge is 2.28. The Balaban J connectivity index is 1.61. The molecule has 9 heteroatoms. The smallest absolute Gasteiger partial charge is 0.318 e. The molecule has 0 bridgehead atoms. The molecular formula is C18H21FN4O4. The largest absolute Gasteiger partial charge is 0.481 e. The van der Waals surface area contributed by atoms with Gasteiger partial charge < -0.3 is 19.8 Å². The number of carboxylic acid groups (broad SMARTS) is 1. The van der Waals surface area contributed by atoms with E-state index >= 15 is 0 Å². The summed E-state index contributed by atoms with van der Waals surface area (Å²) >= 11 is 0. The normalized spacial score (nSPS) is 16.2. The van der Waals surface area contributed by atoms with Crippen LogP contribution in [-0.4, -0.2) is 45.2 Å². The van der Waals surface area contributed by atoms with Crippen molar-refractivity contribution in [1.29, 1.82) is 0 Å². The maximum absolute atomic E-state index is 13.4. The number of aryl methyl sites for hydroxylation is 1. The molecule has 0 radical (unpaired) electrons. The molecule has 2 amide bonds. The van der Waals surface area contributed by atoms with Gasteiger partial charge in [-0.3, -0.25) is 4.79 Å². The number of aromatic nitrogens is 2. The maximum atomic E-state index is 13.4. The topological polar surface area (TPSA) is 109 Å². The lowest BCUT2D eigenvalue weighted by molar-refractivity contribution is -0.143. The van der Waals surface area contributed by atoms with Crippen LogP contribution in [0.4, 0.5) is 9.18 Å². The number of nitrogens with zero attached hydrogens (tertiary/aromatic N) is 3. The number of urea groups is 1. The molecule has 1 atom stereocenters. The van der Waals surface area contributed by atoms with Gasteiger partial charge >= 0.3 is 12.0 Å². The highest BCUT2D eigenvalue weighted by Crippen LogP contribution is 2.22. The quantitative estimate of drug-likeness (QED) is 0.849. The third-order valence-corrected chi connectivity index (χ3v) is 4.70. The number of hydrogen-bond donors (Lipinski definition) is 2. The van der Waals surface area contributed by atoms with Gasteiger partial charge in [-0.05, 0) is 50.5 Å². The van der Waals surface area contributed by atoms with Crippen LogP contribution in [0.1, 0.15) is 37.3 Å². The van der Waals surface area contributed by atoms with Crippen LogP contribution in [0.3, 0.4) is 0 Å². The molecule has 1 saturated heterocycles. The molecule has 27 heavy (non-hydrogen) atoms. The van der Waals surface area contributed by atoms with Gasteiger partial charge in [0.1, 0.15) is 11.9 Å². The van der Waals surface area contributed by atoms with Crippen molar-refractivity contribution >= 4 is 12.0 Å². The molecule has 1 fully saturated rings. The summed E-state index contributed by atoms with van der Waals surface area (Å²) in [5, 5.41) is 15.7. The molecule has 8 nitrogen and oxygen atoms in total. The second-order valence-corrected chi connectivity index (χ2v) is 6.69. The van der Waals surface area contributed by atoms with Gasteiger partial charge in [0.15, 0.2) is 0 Å². The molecule has 0 spiro atoms. The molecule has 144 valence electrons. The summed E-state index contributed by atoms with van der Waals surface area (Å²) in [4.78, 5) is 29.2. The van der Waals surface area contributed by atoms with Crippen molar-refractivity contribution in [3.8, 4) is 11.4 Å². The average molecular weight is 376 g/mol. The number of likely N-dealkylation sites (tertiary alicyclic amines) is 1. The minimum absolute atomic E-state index is 0.237. The van der Waals surface area contributed by atoms with E-state index in [1.165, 1.54) is 6.07 Å². The first-order chi connectivity index (χ1) is 12.8. The summed E-state index contributed by atoms with van der Waals surface area (Å²) in [6, 6.07) is 3.71. The standard InChI is InChI=1S/C18H21FN4O4/c1-10-9-13(3-4-14(10)19)15-21-16(27-22-15)11(2)20-18(26)23-7-5-12(6-8-23)17(24)25/h3-4,9,11-12H,5-8H2,1-2H3,(H,20,26)(H,24,25). The van der Waals surface area contributed by atoms with Crippen LogP contribution in [-0.2, 0) is 4.79 Å². The Morgan fingerprint density at radius 1 is 1.37 bits per heavy atom. The lowest BCUT2D eigenvalue weighted by Gasteiger charge is -2.30. The lowest BCUT2D eigenvalue weighted by atomic mass is 9.97. The summed E-state index contributed by atoms with van der Waals surface area (Å²) in [5.41, 5.74) is 1.10. The van der Waals surface area contributed by atoms with Gasteiger partial charge in [-0.15, -0.1) is 0 Å². The Kier molecular flexibility index (Phi) is 5.38. The van der Waals surface area contributed by atoms with Crippen LogP contribution in [0.25, 0.3) is 11.4 Å². The first-order valence-corrected chi connectivity index (χ1v) is 8.73. The second kappa shape index (κ2) is 7.73. The molecule has 1 aliphatic rings. The van der Waals surface area contributed by atoms with Gasteiger partial charge in [-0.25, -0.2) is 9.18 Å². The van der Waals surface area contributed by atoms with Gasteiger partial charge in [0.2, 0.25) is 11.7 Å². The minimum Gasteiger partial charge on any atom is -0.481 e. The van der Waals surface area contributed by atoms with Gasteiger partial charge in [0.05, 0.1) is 5.92 Å². The second-order valence-electron chi connectivity index (χ2n) is 6.69. The minimum atomic E-state index is -0.821. The Hall–Kier alpha value is -2.97. The number of carbonyl (C=O) groups excluding carboxylic acids is 1. The molecule has 2 heterocycles. The Morgan fingerprint density at radius 2 is 2.07 bits per heavy atom. The molecule has 1 unspecified atom stereocenters. The average Bonchev–Trinajstić information content (AvgIpc) is 3.14. The fourth-order valence-corrected chi connectivity index (χ4v) is 2.98. The lowest BCUT2D eigenvalue weighted by Crippen LogP contribution is -2.46. The molecule has 2 N–H and O–H groups in total. The van der Waals surface area contributed by atoms with Crippen LogP contribution in [0.15, 0.2) is 22.7 Å². The zero-order valence-corrected chi connectivity index (χ0v) is 15.1. The van der Waals surface area contributed by atoms with E-state index in [0.717, 1.165) is 0 Å². The number of carboxylic acids is 1. The molecule has 0 aliphatic carbocycles. The molecule has 1 aliphatic heterocycles. The molecular weight excluding hydrogens is 355 g/mol. The van der Waals surface area contributed by atoms with E-state index in [-0.39, 0.29) is 17.7 Å². The fraction of sp³-hybridized carbons (Fsp3) is 0.444. The molecule has 1 aromatic carbocycles. The van der Waals surface area contributed by atoms with E-state index in [1.54, 1.807) is 30.9 Å². The SMILES string of the molecule is Cc1cc(-c2noc(C(C)NC(=O)N3CCC(C(=O)O)CC3)n2)ccc1F. The van der Waals surface area contributed by atoms with Crippen LogP contribution >= 0.6 is 0 Å². The van der Waals surface area contributed by atoms with Crippen molar-refractivity contribution < 1.29 is 23.6 Å². The summed E-state index contributed by atoms with van der Waals surface area (Å²) in [6.45, 7) is 4.14. The third-order valence-electron chi connectivity index (χ3n) is 4.70. The maximum Gasteiger partial charge on any atom is 0.318 e. The highest BCUT2D eigenvalue weighted by atomic mass is 19.1. The van der Waals surface area contributed by atoms with E-state index in [2.05, 4.69) is 15.5 Å². The highest BCUT2D eigenvalue weighted by molar-refractivity contribution is 5.75. The molecule has 0 saturated carbocycles. The van der Waals surface area contributed by atoms with E-state index in [9.17, 15) is 14.0 Å². The Labute approximate surface area is 155 Å². The monoisotopic (exact) mass is 376 g/mol. The number of benzene rings is 1. The number of halogens is 1. The summed E-state index contributed by atoms with van der Waals surface area (Å²) in [6.07, 6.45) is 0.873. The van der Waals surface area contributed by atoms with Crippen molar-refractivity contribution in [3.63, 3.8) is 0 Å². The van der Waals surface area contributed by atoms with Crippen LogP contribution in [0, 0.1) is 18.7 Å². The number of rotatable bonds is 4. The summed E-state index contributed by atoms with van der Waals surface area (Å²) in [5.74, 6) is -0.978. The first kappa shape index (κ1) is 18.8. The zero-order valence-electron chi connectivity index (χ0n) is 15.1. The first-order valence-electron chi connectivity index (χ1n) is 8.73. The summed E-state index contributed by atoms with van der Waals surface area (Å²) in [7, 11) is 0. The Bertz CT molecular complexity index is 846. The third kappa shape index (κ3) is 4.24. The number of amides is 2. The Morgan fingerprint density at radius 3 is 2.70 bits per heavy atom. The van der Waals surface area contributed by atoms with Crippen molar-refractivity contribution in [2.75, 3.05) is 13.1 Å². The van der Waals surface area contributed by atoms with E-state index in [4.69, 9.17) is 9.63 Å². The van der Waals surface area contributed by atoms with Crippen LogP contribution in [0.2, 0.25) is 0 Å². The molecule has 1 aromatic heterocycles. The van der Waals surface area contributed by atoms with Crippen LogP contribution < -0.4 is 5.32 Å². The summed E-state index contributed by atoms with van der Waals surface area (Å²) < 4.78 is 18.6. The van der Waals surface area contributed by atoms with Gasteiger partial charge in [-0.2, -0.15) is 4.98 Å². The number of hydrogen-bond acceptors (Lipinski definition) is 5. The van der Waals surface area contributed by atoms with Crippen molar-refractivity contribution in [2.45, 2.75) is 32.7 Å². The van der Waals surface area contributed by atoms with Crippen molar-refractivity contribution in [1.82, 2.24) is 20.4 Å². The fourth-order valence-electron chi connectivity index (χ4n) is 2.98. The number of nitrogens with one attached hydrogen (secondary N) is 1. The number of piperidine rings is 1. The van der Waals surface area contributed by atoms with Gasteiger partial charge in [-0.1, -0.05) is 5.16 Å².